The van der Waals surface area contributed by atoms with Crippen LogP contribution >= 0.6 is 0 Å². The zero-order valence-corrected chi connectivity index (χ0v) is 12.6. The number of furan rings is 1. The third kappa shape index (κ3) is 3.93. The third-order valence-electron chi connectivity index (χ3n) is 3.11. The summed E-state index contributed by atoms with van der Waals surface area (Å²) >= 11 is 0. The second-order valence-corrected chi connectivity index (χ2v) is 5.36. The number of amides is 1. The molecule has 5 heteroatoms. The SMILES string of the molecule is Cc1ccc(NC(=O)c2coc(CN)c2)c(CN(C)C)c1. The first-order valence-corrected chi connectivity index (χ1v) is 6.82. The molecule has 0 aliphatic carbocycles. The van der Waals surface area contributed by atoms with Crippen molar-refractivity contribution < 1.29 is 9.21 Å². The molecule has 0 fully saturated rings. The van der Waals surface area contributed by atoms with E-state index in [0.29, 0.717) is 11.3 Å². The highest BCUT2D eigenvalue weighted by molar-refractivity contribution is 6.04. The summed E-state index contributed by atoms with van der Waals surface area (Å²) in [5.41, 5.74) is 9.02. The number of benzene rings is 1. The van der Waals surface area contributed by atoms with Crippen LogP contribution in [0.5, 0.6) is 0 Å². The van der Waals surface area contributed by atoms with Crippen molar-refractivity contribution in [1.29, 1.82) is 0 Å². The Morgan fingerprint density at radius 3 is 2.71 bits per heavy atom. The molecule has 0 saturated heterocycles. The highest BCUT2D eigenvalue weighted by atomic mass is 16.3. The summed E-state index contributed by atoms with van der Waals surface area (Å²) in [6.45, 7) is 3.08. The predicted molar refractivity (Wildman–Crippen MR) is 83.1 cm³/mol. The van der Waals surface area contributed by atoms with Gasteiger partial charge in [-0.1, -0.05) is 17.7 Å². The van der Waals surface area contributed by atoms with Gasteiger partial charge in [0.2, 0.25) is 0 Å². The number of nitrogens with one attached hydrogen (secondary N) is 1. The molecule has 1 aromatic carbocycles. The predicted octanol–water partition coefficient (Wildman–Crippen LogP) is 2.36. The van der Waals surface area contributed by atoms with Gasteiger partial charge in [-0.05, 0) is 38.7 Å². The fourth-order valence-electron chi connectivity index (χ4n) is 2.12. The summed E-state index contributed by atoms with van der Waals surface area (Å²) in [7, 11) is 4.00. The highest BCUT2D eigenvalue weighted by Gasteiger charge is 2.12. The normalized spacial score (nSPS) is 10.9. The number of hydrogen-bond donors (Lipinski definition) is 2. The van der Waals surface area contributed by atoms with Gasteiger partial charge in [0.15, 0.2) is 0 Å². The van der Waals surface area contributed by atoms with E-state index in [9.17, 15) is 4.79 Å². The van der Waals surface area contributed by atoms with Crippen LogP contribution in [-0.4, -0.2) is 24.9 Å². The molecular weight excluding hydrogens is 266 g/mol. The van der Waals surface area contributed by atoms with Crippen molar-refractivity contribution >= 4 is 11.6 Å². The number of nitrogens with zero attached hydrogens (tertiary/aromatic N) is 1. The molecule has 0 atom stereocenters. The zero-order chi connectivity index (χ0) is 15.4. The number of carbonyl (C=O) groups excluding carboxylic acids is 1. The van der Waals surface area contributed by atoms with Crippen LogP contribution in [0, 0.1) is 6.92 Å². The van der Waals surface area contributed by atoms with Gasteiger partial charge in [0, 0.05) is 12.2 Å². The van der Waals surface area contributed by atoms with Crippen molar-refractivity contribution in [3.8, 4) is 0 Å². The molecular formula is C16H21N3O2. The molecule has 0 spiro atoms. The average molecular weight is 287 g/mol. The van der Waals surface area contributed by atoms with Crippen molar-refractivity contribution in [2.75, 3.05) is 19.4 Å². The van der Waals surface area contributed by atoms with Crippen molar-refractivity contribution in [3.63, 3.8) is 0 Å². The Morgan fingerprint density at radius 2 is 2.10 bits per heavy atom. The van der Waals surface area contributed by atoms with E-state index in [4.69, 9.17) is 10.2 Å². The van der Waals surface area contributed by atoms with Crippen LogP contribution in [0.25, 0.3) is 0 Å². The minimum Gasteiger partial charge on any atom is -0.467 e. The quantitative estimate of drug-likeness (QED) is 0.885. The van der Waals surface area contributed by atoms with E-state index in [1.807, 2.05) is 33.2 Å². The first-order chi connectivity index (χ1) is 9.99. The van der Waals surface area contributed by atoms with Crippen LogP contribution in [0.15, 0.2) is 34.9 Å². The third-order valence-corrected chi connectivity index (χ3v) is 3.11. The van der Waals surface area contributed by atoms with Gasteiger partial charge in [-0.25, -0.2) is 0 Å². The standard InChI is InChI=1S/C16H21N3O2/c1-11-4-5-15(12(6-11)9-19(2)3)18-16(20)13-7-14(8-17)21-10-13/h4-7,10H,8-9,17H2,1-3H3,(H,18,20). The number of hydrogen-bond acceptors (Lipinski definition) is 4. The summed E-state index contributed by atoms with van der Waals surface area (Å²) in [5, 5.41) is 2.93. The van der Waals surface area contributed by atoms with Crippen LogP contribution in [0.3, 0.4) is 0 Å². The lowest BCUT2D eigenvalue weighted by molar-refractivity contribution is 0.102. The van der Waals surface area contributed by atoms with Crippen LogP contribution in [0.4, 0.5) is 5.69 Å². The lowest BCUT2D eigenvalue weighted by Crippen LogP contribution is -2.16. The lowest BCUT2D eigenvalue weighted by Gasteiger charge is -2.15. The van der Waals surface area contributed by atoms with Gasteiger partial charge in [0.25, 0.3) is 5.91 Å². The molecule has 0 aliphatic rings. The Kier molecular flexibility index (Phi) is 4.77. The molecule has 2 aromatic rings. The molecule has 0 aliphatic heterocycles. The second-order valence-electron chi connectivity index (χ2n) is 5.36. The zero-order valence-electron chi connectivity index (χ0n) is 12.6. The molecule has 0 bridgehead atoms. The molecule has 0 saturated carbocycles. The first-order valence-electron chi connectivity index (χ1n) is 6.82. The molecule has 1 aromatic heterocycles. The largest absolute Gasteiger partial charge is 0.467 e. The van der Waals surface area contributed by atoms with Crippen molar-refractivity contribution in [1.82, 2.24) is 4.90 Å². The maximum absolute atomic E-state index is 12.2. The minimum absolute atomic E-state index is 0.192. The van der Waals surface area contributed by atoms with Gasteiger partial charge >= 0.3 is 0 Å². The van der Waals surface area contributed by atoms with Crippen molar-refractivity contribution in [2.45, 2.75) is 20.0 Å². The van der Waals surface area contributed by atoms with Gasteiger partial charge in [0.05, 0.1) is 12.1 Å². The molecule has 0 radical (unpaired) electrons. The number of carbonyl (C=O) groups is 1. The molecule has 0 unspecified atom stereocenters. The Bertz CT molecular complexity index is 632. The molecule has 3 N–H and O–H groups in total. The van der Waals surface area contributed by atoms with Gasteiger partial charge in [-0.2, -0.15) is 0 Å². The second kappa shape index (κ2) is 6.56. The monoisotopic (exact) mass is 287 g/mol. The Hall–Kier alpha value is -2.11. The average Bonchev–Trinajstić information content (AvgIpc) is 2.90. The fraction of sp³-hybridized carbons (Fsp3) is 0.312. The van der Waals surface area contributed by atoms with E-state index in [2.05, 4.69) is 16.3 Å². The van der Waals surface area contributed by atoms with E-state index in [1.165, 1.54) is 11.8 Å². The molecule has 1 amide bonds. The maximum atomic E-state index is 12.2. The Morgan fingerprint density at radius 1 is 1.33 bits per heavy atom. The molecule has 112 valence electrons. The number of nitrogens with two attached hydrogens (primary N) is 1. The van der Waals surface area contributed by atoms with Crippen LogP contribution in [0.1, 0.15) is 27.2 Å². The van der Waals surface area contributed by atoms with Crippen molar-refractivity contribution in [3.05, 3.63) is 53.0 Å². The summed E-state index contributed by atoms with van der Waals surface area (Å²) in [6, 6.07) is 7.65. The number of anilines is 1. The van der Waals surface area contributed by atoms with Crippen LogP contribution < -0.4 is 11.1 Å². The lowest BCUT2D eigenvalue weighted by atomic mass is 10.1. The molecule has 5 nitrogen and oxygen atoms in total. The summed E-state index contributed by atoms with van der Waals surface area (Å²) in [4.78, 5) is 14.3. The first kappa shape index (κ1) is 15.3. The summed E-state index contributed by atoms with van der Waals surface area (Å²) < 4.78 is 5.19. The Labute approximate surface area is 124 Å². The van der Waals surface area contributed by atoms with Crippen LogP contribution in [0.2, 0.25) is 0 Å². The topological polar surface area (TPSA) is 71.5 Å². The molecule has 21 heavy (non-hydrogen) atoms. The number of aryl methyl sites for hydroxylation is 1. The summed E-state index contributed by atoms with van der Waals surface area (Å²) in [5.74, 6) is 0.403. The fourth-order valence-corrected chi connectivity index (χ4v) is 2.12. The van der Waals surface area contributed by atoms with Crippen LogP contribution in [-0.2, 0) is 13.1 Å². The van der Waals surface area contributed by atoms with E-state index in [1.54, 1.807) is 6.07 Å². The minimum atomic E-state index is -0.192. The van der Waals surface area contributed by atoms with Gasteiger partial charge < -0.3 is 20.4 Å². The molecule has 1 heterocycles. The van der Waals surface area contributed by atoms with E-state index in [-0.39, 0.29) is 12.5 Å². The van der Waals surface area contributed by atoms with Gasteiger partial charge in [-0.3, -0.25) is 4.79 Å². The van der Waals surface area contributed by atoms with E-state index < -0.39 is 0 Å². The van der Waals surface area contributed by atoms with E-state index >= 15 is 0 Å². The highest BCUT2D eigenvalue weighted by Crippen LogP contribution is 2.20. The number of rotatable bonds is 5. The summed E-state index contributed by atoms with van der Waals surface area (Å²) in [6.07, 6.45) is 1.43. The smallest absolute Gasteiger partial charge is 0.258 e. The maximum Gasteiger partial charge on any atom is 0.258 e. The Balaban J connectivity index is 2.20. The van der Waals surface area contributed by atoms with E-state index in [0.717, 1.165) is 17.8 Å². The molecule has 2 rings (SSSR count). The van der Waals surface area contributed by atoms with Gasteiger partial charge in [0.1, 0.15) is 12.0 Å². The van der Waals surface area contributed by atoms with Gasteiger partial charge in [-0.15, -0.1) is 0 Å². The van der Waals surface area contributed by atoms with Crippen molar-refractivity contribution in [2.24, 2.45) is 5.73 Å².